The zero-order valence-corrected chi connectivity index (χ0v) is 11.2. The van der Waals surface area contributed by atoms with E-state index < -0.39 is 0 Å². The summed E-state index contributed by atoms with van der Waals surface area (Å²) >= 11 is 5.67. The normalized spacial score (nSPS) is 12.2. The maximum atomic E-state index is 11.1. The van der Waals surface area contributed by atoms with Crippen LogP contribution in [0.25, 0.3) is 0 Å². The Morgan fingerprint density at radius 2 is 1.94 bits per heavy atom. The minimum atomic E-state index is 0.0762. The number of hydrogen-bond donors (Lipinski definition) is 0. The van der Waals surface area contributed by atoms with E-state index in [1.807, 2.05) is 12.1 Å². The molecule has 0 fully saturated rings. The molecule has 3 heteroatoms. The second-order valence-electron chi connectivity index (χ2n) is 4.30. The predicted molar refractivity (Wildman–Crippen MR) is 71.1 cm³/mol. The molecule has 0 saturated heterocycles. The molecule has 0 aliphatic rings. The van der Waals surface area contributed by atoms with Gasteiger partial charge in [0.2, 0.25) is 0 Å². The smallest absolute Gasteiger partial charge is 0.159 e. The molecule has 0 saturated carbocycles. The van der Waals surface area contributed by atoms with Crippen LogP contribution >= 0.6 is 11.6 Å². The highest BCUT2D eigenvalue weighted by atomic mass is 35.5. The lowest BCUT2D eigenvalue weighted by Crippen LogP contribution is -2.04. The fourth-order valence-electron chi connectivity index (χ4n) is 1.49. The van der Waals surface area contributed by atoms with Crippen LogP contribution in [0.3, 0.4) is 0 Å². The lowest BCUT2D eigenvalue weighted by atomic mass is 10.1. The first kappa shape index (κ1) is 14.0. The van der Waals surface area contributed by atoms with Gasteiger partial charge in [-0.3, -0.25) is 4.79 Å². The molecule has 0 amide bonds. The monoisotopic (exact) mass is 254 g/mol. The third kappa shape index (κ3) is 5.22. The van der Waals surface area contributed by atoms with Gasteiger partial charge >= 0.3 is 0 Å². The first-order chi connectivity index (χ1) is 8.13. The molecule has 1 aromatic carbocycles. The third-order valence-corrected chi connectivity index (χ3v) is 2.96. The van der Waals surface area contributed by atoms with Crippen molar-refractivity contribution in [2.24, 2.45) is 5.92 Å². The Balaban J connectivity index is 2.34. The van der Waals surface area contributed by atoms with Gasteiger partial charge in [0.25, 0.3) is 0 Å². The molecule has 1 atom stereocenters. The molecule has 94 valence electrons. The Morgan fingerprint density at radius 1 is 1.29 bits per heavy atom. The summed E-state index contributed by atoms with van der Waals surface area (Å²) in [5.41, 5.74) is 0.716. The molecular formula is C14H19ClO2. The number of ketones is 1. The predicted octanol–water partition coefficient (Wildman–Crippen LogP) is 3.92. The highest BCUT2D eigenvalue weighted by Gasteiger charge is 2.02. The number of ether oxygens (including phenoxy) is 1. The molecule has 0 radical (unpaired) electrons. The Kier molecular flexibility index (Phi) is 6.06. The molecule has 1 unspecified atom stereocenters. The molecule has 17 heavy (non-hydrogen) atoms. The number of carbonyl (C=O) groups excluding carboxylic acids is 1. The van der Waals surface area contributed by atoms with Crippen molar-refractivity contribution in [3.8, 4) is 5.75 Å². The van der Waals surface area contributed by atoms with Crippen LogP contribution in [0.2, 0.25) is 0 Å². The fraction of sp³-hybridized carbons (Fsp3) is 0.500. The second kappa shape index (κ2) is 7.33. The summed E-state index contributed by atoms with van der Waals surface area (Å²) < 4.78 is 5.60. The van der Waals surface area contributed by atoms with Gasteiger partial charge in [-0.2, -0.15) is 0 Å². The van der Waals surface area contributed by atoms with Crippen LogP contribution in [0.5, 0.6) is 5.75 Å². The number of rotatable bonds is 7. The quantitative estimate of drug-likeness (QED) is 0.545. The van der Waals surface area contributed by atoms with Crippen LogP contribution in [0.15, 0.2) is 24.3 Å². The molecule has 0 spiro atoms. The van der Waals surface area contributed by atoms with E-state index in [2.05, 4.69) is 6.92 Å². The maximum absolute atomic E-state index is 11.1. The van der Waals surface area contributed by atoms with Crippen molar-refractivity contribution in [3.63, 3.8) is 0 Å². The van der Waals surface area contributed by atoms with E-state index in [9.17, 15) is 4.79 Å². The van der Waals surface area contributed by atoms with Crippen LogP contribution in [0, 0.1) is 5.92 Å². The van der Waals surface area contributed by atoms with E-state index in [0.717, 1.165) is 18.6 Å². The average molecular weight is 255 g/mol. The molecule has 1 rings (SSSR count). The Hall–Kier alpha value is -1.02. The number of halogens is 1. The zero-order valence-electron chi connectivity index (χ0n) is 10.4. The van der Waals surface area contributed by atoms with Crippen LogP contribution < -0.4 is 4.74 Å². The molecule has 0 heterocycles. The zero-order chi connectivity index (χ0) is 12.7. The van der Waals surface area contributed by atoms with Crippen molar-refractivity contribution in [1.29, 1.82) is 0 Å². The first-order valence-corrected chi connectivity index (χ1v) is 6.46. The van der Waals surface area contributed by atoms with Gasteiger partial charge in [0, 0.05) is 11.4 Å². The molecular weight excluding hydrogens is 236 g/mol. The standard InChI is InChI=1S/C14H19ClO2/c1-11(7-9-15)8-10-17-14-5-3-13(4-6-14)12(2)16/h3-6,11H,7-10H2,1-2H3. The van der Waals surface area contributed by atoms with E-state index in [1.54, 1.807) is 19.1 Å². The highest BCUT2D eigenvalue weighted by Crippen LogP contribution is 2.14. The van der Waals surface area contributed by atoms with Crippen LogP contribution in [0.1, 0.15) is 37.0 Å². The second-order valence-corrected chi connectivity index (χ2v) is 4.68. The van der Waals surface area contributed by atoms with Crippen molar-refractivity contribution in [3.05, 3.63) is 29.8 Å². The molecule has 0 aliphatic carbocycles. The Bertz CT molecular complexity index is 346. The molecule has 0 N–H and O–H groups in total. The summed E-state index contributed by atoms with van der Waals surface area (Å²) in [5, 5.41) is 0. The van der Waals surface area contributed by atoms with Crippen molar-refractivity contribution in [2.75, 3.05) is 12.5 Å². The van der Waals surface area contributed by atoms with E-state index in [4.69, 9.17) is 16.3 Å². The third-order valence-electron chi connectivity index (χ3n) is 2.74. The largest absolute Gasteiger partial charge is 0.494 e. The van der Waals surface area contributed by atoms with E-state index in [-0.39, 0.29) is 5.78 Å². The summed E-state index contributed by atoms with van der Waals surface area (Å²) in [4.78, 5) is 11.1. The number of Topliss-reactive ketones (excluding diaryl/α,β-unsaturated/α-hetero) is 1. The SMILES string of the molecule is CC(=O)c1ccc(OCCC(C)CCCl)cc1. The van der Waals surface area contributed by atoms with Gasteiger partial charge in [-0.05, 0) is 49.9 Å². The van der Waals surface area contributed by atoms with E-state index in [1.165, 1.54) is 0 Å². The van der Waals surface area contributed by atoms with Gasteiger partial charge in [-0.25, -0.2) is 0 Å². The van der Waals surface area contributed by atoms with Gasteiger partial charge in [0.15, 0.2) is 5.78 Å². The highest BCUT2D eigenvalue weighted by molar-refractivity contribution is 6.17. The fourth-order valence-corrected chi connectivity index (χ4v) is 1.87. The van der Waals surface area contributed by atoms with Gasteiger partial charge < -0.3 is 4.74 Å². The van der Waals surface area contributed by atoms with E-state index >= 15 is 0 Å². The number of carbonyl (C=O) groups is 1. The molecule has 0 bridgehead atoms. The summed E-state index contributed by atoms with van der Waals surface area (Å²) in [5.74, 6) is 2.18. The maximum Gasteiger partial charge on any atom is 0.159 e. The minimum Gasteiger partial charge on any atom is -0.494 e. The van der Waals surface area contributed by atoms with Crippen molar-refractivity contribution in [1.82, 2.24) is 0 Å². The number of benzene rings is 1. The van der Waals surface area contributed by atoms with Crippen LogP contribution in [0.4, 0.5) is 0 Å². The Morgan fingerprint density at radius 3 is 2.47 bits per heavy atom. The van der Waals surface area contributed by atoms with Gasteiger partial charge in [0.1, 0.15) is 5.75 Å². The topological polar surface area (TPSA) is 26.3 Å². The van der Waals surface area contributed by atoms with Gasteiger partial charge in [0.05, 0.1) is 6.61 Å². The average Bonchev–Trinajstić information content (AvgIpc) is 2.30. The van der Waals surface area contributed by atoms with Crippen LogP contribution in [-0.4, -0.2) is 18.3 Å². The minimum absolute atomic E-state index is 0.0762. The molecule has 0 aliphatic heterocycles. The summed E-state index contributed by atoms with van der Waals surface area (Å²) in [6.07, 6.45) is 2.02. The van der Waals surface area contributed by atoms with Crippen LogP contribution in [-0.2, 0) is 0 Å². The summed E-state index contributed by atoms with van der Waals surface area (Å²) in [6, 6.07) is 7.26. The lowest BCUT2D eigenvalue weighted by molar-refractivity contribution is 0.101. The molecule has 0 aromatic heterocycles. The van der Waals surface area contributed by atoms with Gasteiger partial charge in [-0.1, -0.05) is 6.92 Å². The number of hydrogen-bond acceptors (Lipinski definition) is 2. The molecule has 2 nitrogen and oxygen atoms in total. The summed E-state index contributed by atoms with van der Waals surface area (Å²) in [7, 11) is 0. The van der Waals surface area contributed by atoms with Gasteiger partial charge in [-0.15, -0.1) is 11.6 Å². The van der Waals surface area contributed by atoms with Crippen molar-refractivity contribution in [2.45, 2.75) is 26.7 Å². The number of alkyl halides is 1. The molecule has 1 aromatic rings. The Labute approximate surface area is 108 Å². The van der Waals surface area contributed by atoms with E-state index in [0.29, 0.717) is 24.0 Å². The van der Waals surface area contributed by atoms with Crippen molar-refractivity contribution >= 4 is 17.4 Å². The lowest BCUT2D eigenvalue weighted by Gasteiger charge is -2.10. The van der Waals surface area contributed by atoms with Crippen molar-refractivity contribution < 1.29 is 9.53 Å². The summed E-state index contributed by atoms with van der Waals surface area (Å²) in [6.45, 7) is 4.42. The first-order valence-electron chi connectivity index (χ1n) is 5.93.